The number of carboxylic acids is 1. The lowest BCUT2D eigenvalue weighted by Crippen LogP contribution is -3.16. The van der Waals surface area contributed by atoms with Crippen LogP contribution in [0.2, 0.25) is 0 Å². The minimum atomic E-state index is -1.28. The summed E-state index contributed by atoms with van der Waals surface area (Å²) in [6.07, 6.45) is 0. The van der Waals surface area contributed by atoms with Crippen molar-refractivity contribution in [2.75, 3.05) is 0 Å². The number of furan rings is 1. The zero-order chi connectivity index (χ0) is 16.3. The van der Waals surface area contributed by atoms with Crippen molar-refractivity contribution in [2.45, 2.75) is 46.3 Å². The minimum Gasteiger partial charge on any atom is -0.542 e. The fourth-order valence-electron chi connectivity index (χ4n) is 2.45. The van der Waals surface area contributed by atoms with E-state index in [1.54, 1.807) is 6.07 Å². The molecule has 4 nitrogen and oxygen atoms in total. The molecule has 4 heteroatoms. The number of aromatic carboxylic acids is 1. The molecule has 0 spiro atoms. The van der Waals surface area contributed by atoms with E-state index in [1.807, 2.05) is 0 Å². The summed E-state index contributed by atoms with van der Waals surface area (Å²) < 4.78 is 5.35. The molecule has 0 aliphatic carbocycles. The maximum Gasteiger partial charge on any atom is 0.159 e. The van der Waals surface area contributed by atoms with Gasteiger partial charge in [-0.3, -0.25) is 0 Å². The second kappa shape index (κ2) is 6.36. The van der Waals surface area contributed by atoms with Gasteiger partial charge < -0.3 is 19.2 Å². The Morgan fingerprint density at radius 2 is 1.91 bits per heavy atom. The van der Waals surface area contributed by atoms with Gasteiger partial charge in [0.1, 0.15) is 24.8 Å². The third-order valence-corrected chi connectivity index (χ3v) is 3.81. The summed E-state index contributed by atoms with van der Waals surface area (Å²) in [5, 5.41) is 10.8. The lowest BCUT2D eigenvalue weighted by Gasteiger charge is -2.32. The van der Waals surface area contributed by atoms with Gasteiger partial charge in [0.2, 0.25) is 0 Å². The van der Waals surface area contributed by atoms with Crippen LogP contribution in [0.4, 0.5) is 0 Å². The van der Waals surface area contributed by atoms with E-state index in [4.69, 9.17) is 4.42 Å². The maximum absolute atomic E-state index is 10.8. The van der Waals surface area contributed by atoms with E-state index in [1.165, 1.54) is 22.1 Å². The quantitative estimate of drug-likeness (QED) is 0.906. The predicted molar refractivity (Wildman–Crippen MR) is 82.3 cm³/mol. The molecule has 22 heavy (non-hydrogen) atoms. The predicted octanol–water partition coefficient (Wildman–Crippen LogP) is 1.34. The number of aryl methyl sites for hydroxylation is 1. The topological polar surface area (TPSA) is 57.7 Å². The summed E-state index contributed by atoms with van der Waals surface area (Å²) in [4.78, 5) is 12.1. The van der Waals surface area contributed by atoms with Gasteiger partial charge in [-0.25, -0.2) is 0 Å². The standard InChI is InChI=1S/C18H23NO3/c1-13-6-5-7-14(10-13)11-19(18(2,3)4)12-15-8-9-16(22-15)17(20)21/h5-10H,11-12H2,1-4H3,(H,20,21). The molecule has 1 heterocycles. The molecule has 1 unspecified atom stereocenters. The first-order chi connectivity index (χ1) is 10.3. The van der Waals surface area contributed by atoms with Gasteiger partial charge in [-0.2, -0.15) is 0 Å². The average Bonchev–Trinajstić information content (AvgIpc) is 2.86. The highest BCUT2D eigenvalue weighted by molar-refractivity contribution is 5.82. The Morgan fingerprint density at radius 3 is 2.45 bits per heavy atom. The van der Waals surface area contributed by atoms with Crippen molar-refractivity contribution in [3.8, 4) is 0 Å². The Bertz CT molecular complexity index is 652. The van der Waals surface area contributed by atoms with Crippen LogP contribution in [0.15, 0.2) is 40.8 Å². The van der Waals surface area contributed by atoms with Crippen LogP contribution >= 0.6 is 0 Å². The molecular weight excluding hydrogens is 278 g/mol. The van der Waals surface area contributed by atoms with E-state index < -0.39 is 5.97 Å². The Balaban J connectivity index is 2.17. The summed E-state index contributed by atoms with van der Waals surface area (Å²) >= 11 is 0. The fraction of sp³-hybridized carbons (Fsp3) is 0.389. The first-order valence-corrected chi connectivity index (χ1v) is 7.46. The SMILES string of the molecule is Cc1cccc(C[NH+](Cc2ccc(C(=O)[O-])o2)C(C)(C)C)c1. The molecule has 1 aromatic carbocycles. The molecule has 1 atom stereocenters. The third kappa shape index (κ3) is 4.21. The summed E-state index contributed by atoms with van der Waals surface area (Å²) in [6.45, 7) is 10.1. The Labute approximate surface area is 131 Å². The van der Waals surface area contributed by atoms with Gasteiger partial charge in [0.25, 0.3) is 0 Å². The molecule has 1 N–H and O–H groups in total. The van der Waals surface area contributed by atoms with E-state index in [-0.39, 0.29) is 11.3 Å². The van der Waals surface area contributed by atoms with Gasteiger partial charge in [0.05, 0.1) is 5.54 Å². The normalized spacial score (nSPS) is 13.1. The van der Waals surface area contributed by atoms with Crippen LogP contribution in [-0.2, 0) is 13.1 Å². The number of quaternary nitrogens is 1. The molecule has 2 aromatic rings. The summed E-state index contributed by atoms with van der Waals surface area (Å²) in [7, 11) is 0. The van der Waals surface area contributed by atoms with Crippen molar-refractivity contribution in [1.82, 2.24) is 0 Å². The van der Waals surface area contributed by atoms with Gasteiger partial charge in [-0.05, 0) is 39.8 Å². The number of carboxylic acid groups (broad SMARTS) is 1. The van der Waals surface area contributed by atoms with Crippen molar-refractivity contribution < 1.29 is 19.2 Å². The summed E-state index contributed by atoms with van der Waals surface area (Å²) in [6, 6.07) is 11.6. The van der Waals surface area contributed by atoms with Gasteiger partial charge in [-0.1, -0.05) is 29.8 Å². The van der Waals surface area contributed by atoms with Gasteiger partial charge >= 0.3 is 0 Å². The zero-order valence-electron chi connectivity index (χ0n) is 13.6. The Kier molecular flexibility index (Phi) is 4.71. The van der Waals surface area contributed by atoms with E-state index in [2.05, 4.69) is 52.0 Å². The number of hydrogen-bond donors (Lipinski definition) is 1. The maximum atomic E-state index is 10.8. The second-order valence-corrected chi connectivity index (χ2v) is 6.75. The molecule has 0 saturated heterocycles. The molecular formula is C18H23NO3. The number of carbonyl (C=O) groups is 1. The molecule has 0 aliphatic heterocycles. The zero-order valence-corrected chi connectivity index (χ0v) is 13.6. The largest absolute Gasteiger partial charge is 0.542 e. The van der Waals surface area contributed by atoms with E-state index >= 15 is 0 Å². The molecule has 2 rings (SSSR count). The van der Waals surface area contributed by atoms with Crippen LogP contribution in [0.25, 0.3) is 0 Å². The van der Waals surface area contributed by atoms with Crippen molar-refractivity contribution in [1.29, 1.82) is 0 Å². The van der Waals surface area contributed by atoms with Crippen molar-refractivity contribution in [2.24, 2.45) is 0 Å². The van der Waals surface area contributed by atoms with Gasteiger partial charge in [0, 0.05) is 5.56 Å². The second-order valence-electron chi connectivity index (χ2n) is 6.75. The highest BCUT2D eigenvalue weighted by Crippen LogP contribution is 2.08. The molecule has 0 saturated carbocycles. The number of carbonyl (C=O) groups excluding carboxylic acids is 1. The number of hydrogen-bond acceptors (Lipinski definition) is 3. The number of rotatable bonds is 5. The third-order valence-electron chi connectivity index (χ3n) is 3.81. The van der Waals surface area contributed by atoms with Gasteiger partial charge in [-0.15, -0.1) is 0 Å². The van der Waals surface area contributed by atoms with Crippen molar-refractivity contribution in [3.05, 3.63) is 59.0 Å². The van der Waals surface area contributed by atoms with E-state index in [9.17, 15) is 9.90 Å². The highest BCUT2D eigenvalue weighted by atomic mass is 16.4. The lowest BCUT2D eigenvalue weighted by molar-refractivity contribution is -0.973. The molecule has 0 bridgehead atoms. The average molecular weight is 301 g/mol. The van der Waals surface area contributed by atoms with Crippen molar-refractivity contribution in [3.63, 3.8) is 0 Å². The Morgan fingerprint density at radius 1 is 1.18 bits per heavy atom. The first-order valence-electron chi connectivity index (χ1n) is 7.46. The molecule has 1 aromatic heterocycles. The van der Waals surface area contributed by atoms with E-state index in [0.29, 0.717) is 12.3 Å². The van der Waals surface area contributed by atoms with Gasteiger partial charge in [0.15, 0.2) is 5.76 Å². The Hall–Kier alpha value is -2.07. The van der Waals surface area contributed by atoms with Crippen molar-refractivity contribution >= 4 is 5.97 Å². The highest BCUT2D eigenvalue weighted by Gasteiger charge is 2.27. The van der Waals surface area contributed by atoms with Crippen LogP contribution in [0.1, 0.15) is 48.2 Å². The lowest BCUT2D eigenvalue weighted by atomic mass is 10.0. The van der Waals surface area contributed by atoms with E-state index in [0.717, 1.165) is 6.54 Å². The monoisotopic (exact) mass is 301 g/mol. The molecule has 0 radical (unpaired) electrons. The molecule has 0 aliphatic rings. The summed E-state index contributed by atoms with van der Waals surface area (Å²) in [5.41, 5.74) is 2.51. The number of nitrogens with one attached hydrogen (secondary N) is 1. The first kappa shape index (κ1) is 16.3. The van der Waals surface area contributed by atoms with Crippen LogP contribution in [-0.4, -0.2) is 11.5 Å². The molecule has 118 valence electrons. The van der Waals surface area contributed by atoms with Crippen LogP contribution in [0.5, 0.6) is 0 Å². The van der Waals surface area contributed by atoms with Crippen LogP contribution < -0.4 is 10.0 Å². The fourth-order valence-corrected chi connectivity index (χ4v) is 2.45. The van der Waals surface area contributed by atoms with Crippen LogP contribution in [0, 0.1) is 6.92 Å². The van der Waals surface area contributed by atoms with Crippen LogP contribution in [0.3, 0.4) is 0 Å². The minimum absolute atomic E-state index is 0.0121. The molecule has 0 amide bonds. The number of benzene rings is 1. The smallest absolute Gasteiger partial charge is 0.159 e. The molecule has 0 fully saturated rings. The summed E-state index contributed by atoms with van der Waals surface area (Å²) in [5.74, 6) is -0.724.